The molecular weight excluding hydrogens is 234 g/mol. The summed E-state index contributed by atoms with van der Waals surface area (Å²) in [4.78, 5) is 3.69. The highest BCUT2D eigenvalue weighted by Gasteiger charge is 2.30. The SMILES string of the molecule is ClCc1noc(C(Cl)(Cl)Cl)n1. The van der Waals surface area contributed by atoms with Gasteiger partial charge in [-0.2, -0.15) is 4.98 Å². The molecule has 0 bridgehead atoms. The summed E-state index contributed by atoms with van der Waals surface area (Å²) in [6.45, 7) is 0. The van der Waals surface area contributed by atoms with Crippen molar-refractivity contribution in [3.8, 4) is 0 Å². The highest BCUT2D eigenvalue weighted by Crippen LogP contribution is 2.36. The number of alkyl halides is 4. The quantitative estimate of drug-likeness (QED) is 0.703. The zero-order valence-electron chi connectivity index (χ0n) is 5.02. The molecule has 0 atom stereocenters. The van der Waals surface area contributed by atoms with E-state index in [4.69, 9.17) is 46.4 Å². The van der Waals surface area contributed by atoms with Crippen LogP contribution in [0.15, 0.2) is 4.52 Å². The largest absolute Gasteiger partial charge is 0.334 e. The maximum Gasteiger partial charge on any atom is 0.278 e. The van der Waals surface area contributed by atoms with Crippen molar-refractivity contribution in [1.82, 2.24) is 10.1 Å². The maximum absolute atomic E-state index is 5.42. The topological polar surface area (TPSA) is 38.9 Å². The van der Waals surface area contributed by atoms with Gasteiger partial charge >= 0.3 is 0 Å². The standard InChI is InChI=1S/C4H2Cl4N2O/c5-1-2-9-3(11-10-2)4(6,7)8/h1H2. The van der Waals surface area contributed by atoms with Crippen LogP contribution in [0.25, 0.3) is 0 Å². The molecule has 0 radical (unpaired) electrons. The van der Waals surface area contributed by atoms with E-state index in [2.05, 4.69) is 14.7 Å². The molecule has 3 nitrogen and oxygen atoms in total. The first-order valence-electron chi connectivity index (χ1n) is 2.50. The molecule has 0 saturated carbocycles. The lowest BCUT2D eigenvalue weighted by Crippen LogP contribution is -1.99. The van der Waals surface area contributed by atoms with Crippen LogP contribution in [0.1, 0.15) is 11.7 Å². The summed E-state index contributed by atoms with van der Waals surface area (Å²) in [6.07, 6.45) is 0. The van der Waals surface area contributed by atoms with Crippen LogP contribution in [0.2, 0.25) is 0 Å². The molecule has 1 heterocycles. The van der Waals surface area contributed by atoms with Gasteiger partial charge in [0, 0.05) is 0 Å². The highest BCUT2D eigenvalue weighted by atomic mass is 35.6. The smallest absolute Gasteiger partial charge is 0.278 e. The van der Waals surface area contributed by atoms with Crippen molar-refractivity contribution in [2.45, 2.75) is 9.67 Å². The Bertz CT molecular complexity index is 242. The third kappa shape index (κ3) is 2.37. The van der Waals surface area contributed by atoms with Gasteiger partial charge in [-0.05, 0) is 0 Å². The van der Waals surface area contributed by atoms with Gasteiger partial charge < -0.3 is 4.52 Å². The van der Waals surface area contributed by atoms with E-state index >= 15 is 0 Å². The average Bonchev–Trinajstić information content (AvgIpc) is 2.32. The number of aromatic nitrogens is 2. The van der Waals surface area contributed by atoms with Crippen LogP contribution in [-0.2, 0) is 9.67 Å². The molecular formula is C4H2Cl4N2O. The van der Waals surface area contributed by atoms with E-state index in [9.17, 15) is 0 Å². The van der Waals surface area contributed by atoms with Gasteiger partial charge in [-0.25, -0.2) is 0 Å². The summed E-state index contributed by atoms with van der Waals surface area (Å²) in [5.41, 5.74) is 0. The summed E-state index contributed by atoms with van der Waals surface area (Å²) >= 11 is 21.6. The van der Waals surface area contributed by atoms with Crippen molar-refractivity contribution in [2.75, 3.05) is 0 Å². The van der Waals surface area contributed by atoms with Crippen molar-refractivity contribution < 1.29 is 4.52 Å². The number of hydrogen-bond donors (Lipinski definition) is 0. The van der Waals surface area contributed by atoms with Crippen molar-refractivity contribution in [1.29, 1.82) is 0 Å². The Labute approximate surface area is 82.6 Å². The Morgan fingerprint density at radius 2 is 2.00 bits per heavy atom. The van der Waals surface area contributed by atoms with Crippen LogP contribution in [0.5, 0.6) is 0 Å². The van der Waals surface area contributed by atoms with Crippen molar-refractivity contribution in [2.24, 2.45) is 0 Å². The zero-order valence-corrected chi connectivity index (χ0v) is 8.05. The number of rotatable bonds is 1. The molecule has 7 heteroatoms. The normalized spacial score (nSPS) is 12.0. The molecule has 0 aliphatic carbocycles. The lowest BCUT2D eigenvalue weighted by atomic mass is 10.7. The van der Waals surface area contributed by atoms with Gasteiger partial charge in [-0.3, -0.25) is 0 Å². The van der Waals surface area contributed by atoms with Gasteiger partial charge in [-0.15, -0.1) is 11.6 Å². The number of halogens is 4. The van der Waals surface area contributed by atoms with Gasteiger partial charge in [-0.1, -0.05) is 40.0 Å². The summed E-state index contributed by atoms with van der Waals surface area (Å²) in [5, 5.41) is 3.43. The summed E-state index contributed by atoms with van der Waals surface area (Å²) in [5.74, 6) is 0.357. The molecule has 0 saturated heterocycles. The van der Waals surface area contributed by atoms with Gasteiger partial charge in [0.25, 0.3) is 9.68 Å². The lowest BCUT2D eigenvalue weighted by molar-refractivity contribution is 0.378. The molecule has 0 aliphatic heterocycles. The fraction of sp³-hybridized carbons (Fsp3) is 0.500. The van der Waals surface area contributed by atoms with Crippen LogP contribution >= 0.6 is 46.4 Å². The van der Waals surface area contributed by atoms with Gasteiger partial charge in [0.05, 0.1) is 5.88 Å². The van der Waals surface area contributed by atoms with Gasteiger partial charge in [0.15, 0.2) is 5.82 Å². The number of nitrogens with zero attached hydrogens (tertiary/aromatic N) is 2. The third-order valence-corrected chi connectivity index (χ3v) is 1.55. The molecule has 0 fully saturated rings. The van der Waals surface area contributed by atoms with Crippen LogP contribution in [0.4, 0.5) is 0 Å². The molecule has 0 amide bonds. The minimum absolute atomic E-state index is 0.0712. The first-order valence-corrected chi connectivity index (χ1v) is 4.16. The predicted octanol–water partition coefficient (Wildman–Crippen LogP) is 2.64. The molecule has 11 heavy (non-hydrogen) atoms. The van der Waals surface area contributed by atoms with Crippen molar-refractivity contribution in [3.05, 3.63) is 11.7 Å². The predicted molar refractivity (Wildman–Crippen MR) is 43.1 cm³/mol. The van der Waals surface area contributed by atoms with Crippen LogP contribution in [0, 0.1) is 0 Å². The second kappa shape index (κ2) is 3.35. The Hall–Kier alpha value is 0.300. The Kier molecular flexibility index (Phi) is 2.86. The van der Waals surface area contributed by atoms with E-state index in [0.29, 0.717) is 5.82 Å². The summed E-state index contributed by atoms with van der Waals surface area (Å²) < 4.78 is 2.91. The zero-order chi connectivity index (χ0) is 8.48. The third-order valence-electron chi connectivity index (χ3n) is 0.830. The molecule has 0 aliphatic rings. The van der Waals surface area contributed by atoms with E-state index in [1.807, 2.05) is 0 Å². The molecule has 1 aromatic rings. The van der Waals surface area contributed by atoms with Crippen molar-refractivity contribution >= 4 is 46.4 Å². The fourth-order valence-electron chi connectivity index (χ4n) is 0.423. The Balaban J connectivity index is 2.89. The van der Waals surface area contributed by atoms with E-state index in [0.717, 1.165) is 0 Å². The molecule has 0 aromatic carbocycles. The second-order valence-electron chi connectivity index (χ2n) is 1.65. The number of hydrogen-bond acceptors (Lipinski definition) is 3. The van der Waals surface area contributed by atoms with Gasteiger partial charge in [0.2, 0.25) is 0 Å². The second-order valence-corrected chi connectivity index (χ2v) is 4.20. The van der Waals surface area contributed by atoms with Crippen molar-refractivity contribution in [3.63, 3.8) is 0 Å². The van der Waals surface area contributed by atoms with E-state index in [1.165, 1.54) is 0 Å². The first kappa shape index (κ1) is 9.39. The van der Waals surface area contributed by atoms with Crippen LogP contribution < -0.4 is 0 Å². The molecule has 1 rings (SSSR count). The summed E-state index contributed by atoms with van der Waals surface area (Å²) in [7, 11) is 0. The maximum atomic E-state index is 5.42. The molecule has 62 valence electrons. The lowest BCUT2D eigenvalue weighted by Gasteiger charge is -2.00. The molecule has 0 unspecified atom stereocenters. The molecule has 1 aromatic heterocycles. The average molecular weight is 236 g/mol. The van der Waals surface area contributed by atoms with E-state index < -0.39 is 3.79 Å². The minimum Gasteiger partial charge on any atom is -0.334 e. The molecule has 0 spiro atoms. The molecule has 0 N–H and O–H groups in total. The highest BCUT2D eigenvalue weighted by molar-refractivity contribution is 6.66. The monoisotopic (exact) mass is 234 g/mol. The minimum atomic E-state index is -1.67. The Morgan fingerprint density at radius 3 is 2.27 bits per heavy atom. The van der Waals surface area contributed by atoms with Gasteiger partial charge in [0.1, 0.15) is 0 Å². The summed E-state index contributed by atoms with van der Waals surface area (Å²) in [6, 6.07) is 0. The van der Waals surface area contributed by atoms with Crippen LogP contribution in [-0.4, -0.2) is 10.1 Å². The van der Waals surface area contributed by atoms with E-state index in [-0.39, 0.29) is 11.8 Å². The Morgan fingerprint density at radius 1 is 1.36 bits per heavy atom. The fourth-order valence-corrected chi connectivity index (χ4v) is 0.762. The van der Waals surface area contributed by atoms with Crippen LogP contribution in [0.3, 0.4) is 0 Å². The first-order chi connectivity index (χ1) is 5.04. The van der Waals surface area contributed by atoms with E-state index in [1.54, 1.807) is 0 Å².